The van der Waals surface area contributed by atoms with Crippen molar-refractivity contribution in [2.24, 2.45) is 5.92 Å². The lowest BCUT2D eigenvalue weighted by molar-refractivity contribution is 0.0950. The van der Waals surface area contributed by atoms with Crippen LogP contribution in [0.4, 0.5) is 11.6 Å². The molecular weight excluding hydrogens is 440 g/mol. The van der Waals surface area contributed by atoms with E-state index in [-0.39, 0.29) is 18.1 Å². The second-order valence-corrected chi connectivity index (χ2v) is 10.5. The summed E-state index contributed by atoms with van der Waals surface area (Å²) < 4.78 is 1.84. The van der Waals surface area contributed by atoms with Crippen LogP contribution < -0.4 is 16.0 Å². The molecule has 8 nitrogen and oxygen atoms in total. The van der Waals surface area contributed by atoms with Crippen LogP contribution in [0.3, 0.4) is 0 Å². The van der Waals surface area contributed by atoms with Crippen LogP contribution in [0, 0.1) is 12.8 Å². The Kier molecular flexibility index (Phi) is 6.65. The van der Waals surface area contributed by atoms with Crippen LogP contribution in [0.25, 0.3) is 16.8 Å². The quantitative estimate of drug-likeness (QED) is 0.385. The van der Waals surface area contributed by atoms with Crippen LogP contribution in [0.15, 0.2) is 30.5 Å². The second-order valence-electron chi connectivity index (χ2n) is 10.5. The number of hydrogen-bond donors (Lipinski definition) is 4. The maximum atomic E-state index is 12.6. The van der Waals surface area contributed by atoms with Crippen LogP contribution >= 0.6 is 0 Å². The lowest BCUT2D eigenvalue weighted by Gasteiger charge is -2.29. The van der Waals surface area contributed by atoms with Gasteiger partial charge in [-0.1, -0.05) is 38.8 Å². The average molecular weight is 477 g/mol. The molecule has 2 atom stereocenters. The van der Waals surface area contributed by atoms with Crippen molar-refractivity contribution < 1.29 is 9.90 Å². The highest BCUT2D eigenvalue weighted by molar-refractivity contribution is 5.97. The number of amides is 1. The fourth-order valence-corrected chi connectivity index (χ4v) is 4.72. The summed E-state index contributed by atoms with van der Waals surface area (Å²) in [6.45, 7) is 7.11. The van der Waals surface area contributed by atoms with Gasteiger partial charge in [-0.15, -0.1) is 0 Å². The van der Waals surface area contributed by atoms with Crippen LogP contribution in [0.2, 0.25) is 0 Å². The van der Waals surface area contributed by atoms with Crippen molar-refractivity contribution in [2.45, 2.75) is 77.5 Å². The molecule has 2 aliphatic rings. The molecule has 0 radical (unpaired) electrons. The van der Waals surface area contributed by atoms with Crippen molar-refractivity contribution >= 4 is 23.2 Å². The highest BCUT2D eigenvalue weighted by Crippen LogP contribution is 2.30. The lowest BCUT2D eigenvalue weighted by Crippen LogP contribution is -2.36. The van der Waals surface area contributed by atoms with E-state index in [2.05, 4.69) is 34.9 Å². The molecule has 186 valence electrons. The molecule has 2 fully saturated rings. The zero-order valence-electron chi connectivity index (χ0n) is 20.8. The number of nitrogens with one attached hydrogen (secondary N) is 3. The monoisotopic (exact) mass is 476 g/mol. The molecule has 2 heterocycles. The maximum Gasteiger partial charge on any atom is 0.251 e. The predicted octanol–water partition coefficient (Wildman–Crippen LogP) is 4.38. The summed E-state index contributed by atoms with van der Waals surface area (Å²) in [5.41, 5.74) is 4.25. The summed E-state index contributed by atoms with van der Waals surface area (Å²) in [6, 6.07) is 8.20. The highest BCUT2D eigenvalue weighted by Gasteiger charge is 2.25. The number of anilines is 2. The average Bonchev–Trinajstić information content (AvgIpc) is 3.54. The SMILES string of the molecule is Cc1cc(-c2cnn3c(NCC(C)C)cc(N[C@H]4CCCC[C@H]4O)nc23)ccc1C(=O)NC1CC1. The molecule has 5 rings (SSSR count). The number of carbonyl (C=O) groups is 1. The van der Waals surface area contributed by atoms with E-state index in [1.165, 1.54) is 0 Å². The van der Waals surface area contributed by atoms with Gasteiger partial charge in [0.15, 0.2) is 5.65 Å². The first-order valence-electron chi connectivity index (χ1n) is 12.9. The first-order valence-corrected chi connectivity index (χ1v) is 12.9. The predicted molar refractivity (Wildman–Crippen MR) is 139 cm³/mol. The molecule has 2 saturated carbocycles. The topological polar surface area (TPSA) is 104 Å². The molecule has 0 saturated heterocycles. The van der Waals surface area contributed by atoms with Gasteiger partial charge in [0, 0.05) is 29.8 Å². The fraction of sp³-hybridized carbons (Fsp3) is 0.519. The van der Waals surface area contributed by atoms with Gasteiger partial charge < -0.3 is 21.1 Å². The van der Waals surface area contributed by atoms with Crippen molar-refractivity contribution in [3.63, 3.8) is 0 Å². The third-order valence-electron chi connectivity index (χ3n) is 6.92. The van der Waals surface area contributed by atoms with Gasteiger partial charge in [0.25, 0.3) is 5.91 Å². The smallest absolute Gasteiger partial charge is 0.251 e. The molecule has 0 spiro atoms. The number of carbonyl (C=O) groups excluding carboxylic acids is 1. The Labute approximate surface area is 206 Å². The number of fused-ring (bicyclic) bond motifs is 1. The Morgan fingerprint density at radius 1 is 1.17 bits per heavy atom. The molecule has 2 aromatic heterocycles. The Bertz CT molecular complexity index is 1220. The Balaban J connectivity index is 1.49. The summed E-state index contributed by atoms with van der Waals surface area (Å²) in [4.78, 5) is 17.5. The summed E-state index contributed by atoms with van der Waals surface area (Å²) in [6.07, 6.45) is 7.52. The van der Waals surface area contributed by atoms with E-state index in [9.17, 15) is 9.90 Å². The minimum atomic E-state index is -0.366. The first-order chi connectivity index (χ1) is 16.9. The van der Waals surface area contributed by atoms with E-state index in [1.54, 1.807) is 0 Å². The Hall–Kier alpha value is -3.13. The number of aromatic nitrogens is 3. The summed E-state index contributed by atoms with van der Waals surface area (Å²) in [5, 5.41) is 25.2. The fourth-order valence-electron chi connectivity index (χ4n) is 4.72. The number of rotatable bonds is 8. The van der Waals surface area contributed by atoms with Gasteiger partial charge in [-0.05, 0) is 55.7 Å². The standard InChI is InChI=1S/C27H36N6O2/c1-16(2)14-28-25-13-24(31-22-6-4-5-7-23(22)34)32-26-21(15-29-33(25)26)18-8-11-20(17(3)12-18)27(35)30-19-9-10-19/h8,11-13,15-16,19,22-23,28,34H,4-7,9-10,14H2,1-3H3,(H,30,35)(H,31,32)/t22-,23+/m0/s1. The van der Waals surface area contributed by atoms with Crippen molar-refractivity contribution in [2.75, 3.05) is 17.2 Å². The van der Waals surface area contributed by atoms with Crippen molar-refractivity contribution in [3.8, 4) is 11.1 Å². The van der Waals surface area contributed by atoms with Crippen LogP contribution in [-0.4, -0.2) is 50.3 Å². The van der Waals surface area contributed by atoms with Gasteiger partial charge >= 0.3 is 0 Å². The molecule has 0 aliphatic heterocycles. The third kappa shape index (κ3) is 5.27. The van der Waals surface area contributed by atoms with Gasteiger partial charge in [0.2, 0.25) is 0 Å². The number of aliphatic hydroxyl groups is 1. The molecular formula is C27H36N6O2. The highest BCUT2D eigenvalue weighted by atomic mass is 16.3. The summed E-state index contributed by atoms with van der Waals surface area (Å²) in [7, 11) is 0. The van der Waals surface area contributed by atoms with E-state index in [4.69, 9.17) is 4.98 Å². The molecule has 1 aromatic carbocycles. The van der Waals surface area contributed by atoms with Crippen LogP contribution in [0.5, 0.6) is 0 Å². The summed E-state index contributed by atoms with van der Waals surface area (Å²) >= 11 is 0. The van der Waals surface area contributed by atoms with Crippen LogP contribution in [-0.2, 0) is 0 Å². The van der Waals surface area contributed by atoms with Gasteiger partial charge in [-0.25, -0.2) is 4.98 Å². The van der Waals surface area contributed by atoms with E-state index in [0.717, 1.165) is 79.0 Å². The minimum Gasteiger partial charge on any atom is -0.391 e. The molecule has 3 aromatic rings. The van der Waals surface area contributed by atoms with Gasteiger partial charge in [-0.3, -0.25) is 4.79 Å². The first kappa shape index (κ1) is 23.6. The molecule has 4 N–H and O–H groups in total. The van der Waals surface area contributed by atoms with E-state index in [0.29, 0.717) is 17.5 Å². The zero-order valence-corrected chi connectivity index (χ0v) is 20.8. The van der Waals surface area contributed by atoms with Crippen molar-refractivity contribution in [1.29, 1.82) is 0 Å². The second kappa shape index (κ2) is 9.85. The largest absolute Gasteiger partial charge is 0.391 e. The van der Waals surface area contributed by atoms with E-state index >= 15 is 0 Å². The van der Waals surface area contributed by atoms with Crippen molar-refractivity contribution in [3.05, 3.63) is 41.6 Å². The molecule has 1 amide bonds. The molecule has 0 bridgehead atoms. The minimum absolute atomic E-state index is 0.00507. The molecule has 0 unspecified atom stereocenters. The van der Waals surface area contributed by atoms with Gasteiger partial charge in [-0.2, -0.15) is 9.61 Å². The number of aliphatic hydroxyl groups excluding tert-OH is 1. The zero-order chi connectivity index (χ0) is 24.5. The Morgan fingerprint density at radius 3 is 2.69 bits per heavy atom. The number of benzene rings is 1. The van der Waals surface area contributed by atoms with Crippen molar-refractivity contribution in [1.82, 2.24) is 19.9 Å². The Morgan fingerprint density at radius 2 is 1.97 bits per heavy atom. The number of nitrogens with zero attached hydrogens (tertiary/aromatic N) is 3. The summed E-state index contributed by atoms with van der Waals surface area (Å²) in [5.74, 6) is 2.06. The van der Waals surface area contributed by atoms with Gasteiger partial charge in [0.1, 0.15) is 11.6 Å². The number of hydrogen-bond acceptors (Lipinski definition) is 6. The molecule has 35 heavy (non-hydrogen) atoms. The third-order valence-corrected chi connectivity index (χ3v) is 6.92. The molecule has 8 heteroatoms. The van der Waals surface area contributed by atoms with E-state index in [1.807, 2.05) is 41.9 Å². The maximum absolute atomic E-state index is 12.6. The normalized spacial score (nSPS) is 20.3. The van der Waals surface area contributed by atoms with Gasteiger partial charge in [0.05, 0.1) is 18.3 Å². The van der Waals surface area contributed by atoms with E-state index < -0.39 is 0 Å². The lowest BCUT2D eigenvalue weighted by atomic mass is 9.92. The van der Waals surface area contributed by atoms with Crippen LogP contribution in [0.1, 0.15) is 68.3 Å². The molecule has 2 aliphatic carbocycles. The number of aryl methyl sites for hydroxylation is 1.